The van der Waals surface area contributed by atoms with E-state index in [1.54, 1.807) is 6.92 Å². The molecule has 0 aliphatic heterocycles. The summed E-state index contributed by atoms with van der Waals surface area (Å²) in [5, 5.41) is 9.98. The van der Waals surface area contributed by atoms with Gasteiger partial charge in [-0.25, -0.2) is 9.18 Å². The molecule has 16 heavy (non-hydrogen) atoms. The Bertz CT molecular complexity index is 547. The van der Waals surface area contributed by atoms with Gasteiger partial charge in [0.1, 0.15) is 5.82 Å². The highest BCUT2D eigenvalue weighted by atomic mass is 19.1. The van der Waals surface area contributed by atoms with E-state index in [-0.39, 0.29) is 23.4 Å². The molecule has 4 nitrogen and oxygen atoms in total. The second-order valence-corrected chi connectivity index (χ2v) is 3.26. The normalized spacial score (nSPS) is 10.6. The first-order valence-electron chi connectivity index (χ1n) is 4.80. The quantitative estimate of drug-likeness (QED) is 0.767. The fraction of sp³-hybridized carbons (Fsp3) is 0.182. The second kappa shape index (κ2) is 3.84. The van der Waals surface area contributed by atoms with Crippen molar-refractivity contribution < 1.29 is 19.0 Å². The lowest BCUT2D eigenvalue weighted by Crippen LogP contribution is -2.04. The fourth-order valence-corrected chi connectivity index (χ4v) is 1.50. The molecule has 0 bridgehead atoms. The highest BCUT2D eigenvalue weighted by molar-refractivity contribution is 6.00. The van der Waals surface area contributed by atoms with E-state index in [4.69, 9.17) is 4.74 Å². The summed E-state index contributed by atoms with van der Waals surface area (Å²) in [6.45, 7) is 1.87. The molecule has 0 spiro atoms. The maximum atomic E-state index is 12.9. The van der Waals surface area contributed by atoms with E-state index in [2.05, 4.69) is 4.98 Å². The van der Waals surface area contributed by atoms with E-state index in [1.165, 1.54) is 12.1 Å². The molecule has 0 aliphatic carbocycles. The molecule has 5 heteroatoms. The topological polar surface area (TPSA) is 62.3 Å². The lowest BCUT2D eigenvalue weighted by Gasteiger charge is -1.98. The Balaban J connectivity index is 2.56. The van der Waals surface area contributed by atoms with Crippen molar-refractivity contribution in [2.45, 2.75) is 6.92 Å². The van der Waals surface area contributed by atoms with Gasteiger partial charge in [0.05, 0.1) is 12.1 Å². The van der Waals surface area contributed by atoms with Crippen LogP contribution in [0.5, 0.6) is 5.75 Å². The summed E-state index contributed by atoms with van der Waals surface area (Å²) < 4.78 is 17.7. The van der Waals surface area contributed by atoms with Crippen molar-refractivity contribution in [1.82, 2.24) is 4.98 Å². The van der Waals surface area contributed by atoms with Crippen LogP contribution in [0.3, 0.4) is 0 Å². The van der Waals surface area contributed by atoms with Crippen LogP contribution in [0.4, 0.5) is 4.39 Å². The van der Waals surface area contributed by atoms with E-state index in [0.29, 0.717) is 5.52 Å². The number of aromatic amines is 1. The van der Waals surface area contributed by atoms with Crippen molar-refractivity contribution in [3.05, 3.63) is 29.7 Å². The summed E-state index contributed by atoms with van der Waals surface area (Å²) in [5.74, 6) is -1.42. The molecule has 1 aromatic carbocycles. The van der Waals surface area contributed by atoms with E-state index in [9.17, 15) is 14.3 Å². The monoisotopic (exact) mass is 223 g/mol. The molecule has 0 unspecified atom stereocenters. The van der Waals surface area contributed by atoms with Crippen LogP contribution >= 0.6 is 0 Å². The van der Waals surface area contributed by atoms with Gasteiger partial charge in [0, 0.05) is 5.39 Å². The summed E-state index contributed by atoms with van der Waals surface area (Å²) in [4.78, 5) is 14.1. The number of ether oxygens (including phenoxy) is 1. The van der Waals surface area contributed by atoms with Gasteiger partial charge in [0.2, 0.25) is 0 Å². The number of halogens is 1. The summed E-state index contributed by atoms with van der Waals surface area (Å²) in [6, 6.07) is 3.85. The minimum absolute atomic E-state index is 0.0533. The van der Waals surface area contributed by atoms with Crippen LogP contribution in [0.2, 0.25) is 0 Å². The molecule has 0 amide bonds. The number of esters is 1. The van der Waals surface area contributed by atoms with Crippen molar-refractivity contribution in [3.63, 3.8) is 0 Å². The predicted octanol–water partition coefficient (Wildman–Crippen LogP) is 2.19. The zero-order chi connectivity index (χ0) is 11.7. The smallest absolute Gasteiger partial charge is 0.358 e. The molecule has 0 aliphatic rings. The lowest BCUT2D eigenvalue weighted by molar-refractivity contribution is 0.0517. The standard InChI is InChI=1S/C11H10FNO3/c1-2-16-11(15)9-10(14)7-5-6(12)3-4-8(7)13-9/h3-5,13-14H,2H2,1H3. The molecule has 0 radical (unpaired) electrons. The van der Waals surface area contributed by atoms with Gasteiger partial charge < -0.3 is 14.8 Å². The van der Waals surface area contributed by atoms with Gasteiger partial charge in [-0.15, -0.1) is 0 Å². The minimum atomic E-state index is -0.656. The SMILES string of the molecule is CCOC(=O)c1[nH]c2ccc(F)cc2c1O. The van der Waals surface area contributed by atoms with Crippen molar-refractivity contribution >= 4 is 16.9 Å². The van der Waals surface area contributed by atoms with E-state index in [0.717, 1.165) is 6.07 Å². The highest BCUT2D eigenvalue weighted by Gasteiger charge is 2.18. The molecule has 0 saturated carbocycles. The number of fused-ring (bicyclic) bond motifs is 1. The third-order valence-corrected chi connectivity index (χ3v) is 2.21. The Kier molecular flexibility index (Phi) is 2.52. The zero-order valence-electron chi connectivity index (χ0n) is 8.58. The minimum Gasteiger partial charge on any atom is -0.505 e. The average molecular weight is 223 g/mol. The Labute approximate surface area is 90.7 Å². The Hall–Kier alpha value is -2.04. The van der Waals surface area contributed by atoms with Crippen LogP contribution in [0.1, 0.15) is 17.4 Å². The first kappa shape index (κ1) is 10.5. The van der Waals surface area contributed by atoms with Crippen LogP contribution in [0, 0.1) is 5.82 Å². The number of benzene rings is 1. The van der Waals surface area contributed by atoms with Crippen LogP contribution in [0.25, 0.3) is 10.9 Å². The van der Waals surface area contributed by atoms with Crippen LogP contribution in [0.15, 0.2) is 18.2 Å². The molecule has 1 aromatic heterocycles. The number of carbonyl (C=O) groups is 1. The molecule has 84 valence electrons. The molecular formula is C11H10FNO3. The number of hydrogen-bond donors (Lipinski definition) is 2. The van der Waals surface area contributed by atoms with Gasteiger partial charge in [0.15, 0.2) is 11.4 Å². The van der Waals surface area contributed by atoms with Crippen LogP contribution in [-0.2, 0) is 4.74 Å². The summed E-state index contributed by atoms with van der Waals surface area (Å²) in [7, 11) is 0. The molecule has 2 aromatic rings. The summed E-state index contributed by atoms with van der Waals surface area (Å²) in [6.07, 6.45) is 0. The Morgan fingerprint density at radius 3 is 3.00 bits per heavy atom. The predicted molar refractivity (Wildman–Crippen MR) is 55.9 cm³/mol. The van der Waals surface area contributed by atoms with Crippen LogP contribution < -0.4 is 0 Å². The number of aromatic nitrogens is 1. The van der Waals surface area contributed by atoms with Crippen molar-refractivity contribution in [1.29, 1.82) is 0 Å². The first-order chi connectivity index (χ1) is 7.63. The number of nitrogens with one attached hydrogen (secondary N) is 1. The number of hydrogen-bond acceptors (Lipinski definition) is 3. The van der Waals surface area contributed by atoms with Gasteiger partial charge in [-0.05, 0) is 25.1 Å². The third kappa shape index (κ3) is 1.60. The second-order valence-electron chi connectivity index (χ2n) is 3.26. The van der Waals surface area contributed by atoms with E-state index < -0.39 is 11.8 Å². The molecular weight excluding hydrogens is 213 g/mol. The van der Waals surface area contributed by atoms with Gasteiger partial charge in [-0.1, -0.05) is 0 Å². The van der Waals surface area contributed by atoms with Gasteiger partial charge >= 0.3 is 5.97 Å². The largest absolute Gasteiger partial charge is 0.505 e. The molecule has 2 N–H and O–H groups in total. The van der Waals surface area contributed by atoms with Crippen molar-refractivity contribution in [2.24, 2.45) is 0 Å². The molecule has 1 heterocycles. The number of carbonyl (C=O) groups excluding carboxylic acids is 1. The Morgan fingerprint density at radius 2 is 2.31 bits per heavy atom. The maximum Gasteiger partial charge on any atom is 0.358 e. The lowest BCUT2D eigenvalue weighted by atomic mass is 10.2. The van der Waals surface area contributed by atoms with Crippen molar-refractivity contribution in [2.75, 3.05) is 6.61 Å². The molecule has 0 fully saturated rings. The average Bonchev–Trinajstić information content (AvgIpc) is 2.57. The number of H-pyrrole nitrogens is 1. The molecule has 0 saturated heterocycles. The van der Waals surface area contributed by atoms with Gasteiger partial charge in [-0.3, -0.25) is 0 Å². The fourth-order valence-electron chi connectivity index (χ4n) is 1.50. The van der Waals surface area contributed by atoms with Crippen molar-refractivity contribution in [3.8, 4) is 5.75 Å². The first-order valence-corrected chi connectivity index (χ1v) is 4.80. The number of aromatic hydroxyl groups is 1. The molecule has 0 atom stereocenters. The number of rotatable bonds is 2. The molecule has 2 rings (SSSR count). The summed E-state index contributed by atoms with van der Waals surface area (Å²) >= 11 is 0. The third-order valence-electron chi connectivity index (χ3n) is 2.21. The van der Waals surface area contributed by atoms with E-state index in [1.807, 2.05) is 0 Å². The van der Waals surface area contributed by atoms with E-state index >= 15 is 0 Å². The maximum absolute atomic E-state index is 12.9. The Morgan fingerprint density at radius 1 is 1.56 bits per heavy atom. The van der Waals surface area contributed by atoms with Gasteiger partial charge in [-0.2, -0.15) is 0 Å². The van der Waals surface area contributed by atoms with Crippen LogP contribution in [-0.4, -0.2) is 22.7 Å². The zero-order valence-corrected chi connectivity index (χ0v) is 8.58. The van der Waals surface area contributed by atoms with Gasteiger partial charge in [0.25, 0.3) is 0 Å². The highest BCUT2D eigenvalue weighted by Crippen LogP contribution is 2.29. The summed E-state index contributed by atoms with van der Waals surface area (Å²) in [5.41, 5.74) is 0.435.